The average Bonchev–Trinajstić information content (AvgIpc) is 3.36. The van der Waals surface area contributed by atoms with Crippen LogP contribution in [-0.2, 0) is 35.2 Å². The van der Waals surface area contributed by atoms with Gasteiger partial charge in [0.1, 0.15) is 0 Å². The summed E-state index contributed by atoms with van der Waals surface area (Å²) in [4.78, 5) is 39.7. The van der Waals surface area contributed by atoms with Crippen LogP contribution >= 0.6 is 0 Å². The van der Waals surface area contributed by atoms with Crippen molar-refractivity contribution in [3.8, 4) is 16.9 Å². The summed E-state index contributed by atoms with van der Waals surface area (Å²) in [7, 11) is 0. The number of nitrogens with two attached hydrogens (primary N) is 1. The van der Waals surface area contributed by atoms with Gasteiger partial charge < -0.3 is 0 Å². The number of rotatable bonds is 11. The first-order valence-corrected chi connectivity index (χ1v) is 14.3. The van der Waals surface area contributed by atoms with E-state index in [0.29, 0.717) is 31.4 Å². The second kappa shape index (κ2) is 13.0. The third-order valence-corrected chi connectivity index (χ3v) is 7.92. The molecule has 12 heteroatoms. The maximum absolute atomic E-state index is 13.3. The fourth-order valence-corrected chi connectivity index (χ4v) is 4.83. The van der Waals surface area contributed by atoms with Crippen molar-refractivity contribution in [3.05, 3.63) is 54.1 Å². The number of phenols is 1. The molecule has 188 valence electrons. The van der Waals surface area contributed by atoms with Crippen LogP contribution < -0.4 is 16.4 Å². The summed E-state index contributed by atoms with van der Waals surface area (Å²) in [5, 5.41) is 14.7. The second-order valence-corrected chi connectivity index (χ2v) is 11.1. The fourth-order valence-electron chi connectivity index (χ4n) is 4.15. The number of nitrogens with one attached hydrogen (secondary N) is 2. The molecule has 1 aliphatic rings. The predicted molar refractivity (Wildman–Crippen MR) is 125 cm³/mol. The monoisotopic (exact) mass is 689 g/mol. The van der Waals surface area contributed by atoms with Crippen LogP contribution in [0.3, 0.4) is 0 Å². The number of amides is 3. The minimum absolute atomic E-state index is 0.0109. The van der Waals surface area contributed by atoms with E-state index in [-0.39, 0.29) is 53.2 Å². The van der Waals surface area contributed by atoms with Gasteiger partial charge >= 0.3 is 193 Å². The quantitative estimate of drug-likeness (QED) is 0.162. The maximum atomic E-state index is 13.3. The zero-order valence-corrected chi connectivity index (χ0v) is 25.1. The van der Waals surface area contributed by atoms with Crippen LogP contribution in [0.1, 0.15) is 36.0 Å². The summed E-state index contributed by atoms with van der Waals surface area (Å²) in [5.41, 5.74) is 7.00. The van der Waals surface area contributed by atoms with E-state index in [1.165, 1.54) is 17.0 Å². The number of carbonyl (C=O) groups excluding carboxylic acids is 3. The Morgan fingerprint density at radius 2 is 1.89 bits per heavy atom. The first-order valence-electron chi connectivity index (χ1n) is 11.5. The molecule has 1 saturated heterocycles. The van der Waals surface area contributed by atoms with Crippen LogP contribution in [0, 0.1) is 0 Å². The number of likely N-dealkylation sites (tertiary alicyclic amines) is 1. The van der Waals surface area contributed by atoms with Gasteiger partial charge in [-0.25, -0.2) is 0 Å². The van der Waals surface area contributed by atoms with E-state index in [1.807, 2.05) is 30.3 Å². The van der Waals surface area contributed by atoms with Gasteiger partial charge in [-0.05, 0) is 0 Å². The van der Waals surface area contributed by atoms with E-state index < -0.39 is 35.1 Å². The first-order chi connectivity index (χ1) is 17.2. The van der Waals surface area contributed by atoms with Gasteiger partial charge in [-0.1, -0.05) is 30.3 Å². The molecular weight excluding hydrogens is 661 g/mol. The summed E-state index contributed by atoms with van der Waals surface area (Å²) in [6.45, 7) is 0.502. The van der Waals surface area contributed by atoms with Crippen molar-refractivity contribution in [1.29, 1.82) is 0 Å². The van der Waals surface area contributed by atoms with Crippen LogP contribution in [-0.4, -0.2) is 61.5 Å². The van der Waals surface area contributed by atoms with Gasteiger partial charge in [0.2, 0.25) is 0 Å². The number of hydrogen-bond donors (Lipinski definition) is 4. The molecule has 0 aromatic heterocycles. The summed E-state index contributed by atoms with van der Waals surface area (Å²) < 4.78 is 25.1. The van der Waals surface area contributed by atoms with Gasteiger partial charge in [-0.15, -0.1) is 0 Å². The van der Waals surface area contributed by atoms with Crippen LogP contribution in [0.25, 0.3) is 11.1 Å². The molecule has 1 aliphatic heterocycles. The van der Waals surface area contributed by atoms with Crippen LogP contribution in [0.15, 0.2) is 48.5 Å². The molecule has 3 rings (SSSR count). The van der Waals surface area contributed by atoms with Crippen molar-refractivity contribution in [2.24, 2.45) is 5.73 Å². The molecule has 0 spiro atoms. The normalized spacial score (nSPS) is 16.1. The van der Waals surface area contributed by atoms with Crippen LogP contribution in [0.2, 0.25) is 0 Å². The van der Waals surface area contributed by atoms with Gasteiger partial charge in [0.05, 0.1) is 0 Å². The SMILES string of the molecule is NC(=O)[C@@H]1CCCN1C(=O)[C@H](CCCN[C](=[Hg])N(F)F)NC(=O)c1cc(-c2ccccc2)ccc1O. The Kier molecular flexibility index (Phi) is 10.0. The van der Waals surface area contributed by atoms with E-state index in [0.717, 1.165) is 5.56 Å². The first kappa shape index (κ1) is 27.8. The van der Waals surface area contributed by atoms with Crippen molar-refractivity contribution < 1.29 is 54.1 Å². The zero-order chi connectivity index (χ0) is 26.2. The topological polar surface area (TPSA) is 128 Å². The van der Waals surface area contributed by atoms with Crippen molar-refractivity contribution >= 4 is 21.0 Å². The number of nitrogens with zero attached hydrogens (tertiary/aromatic N) is 2. The molecule has 1 heterocycles. The summed E-state index contributed by atoms with van der Waals surface area (Å²) in [6, 6.07) is 12.1. The Labute approximate surface area is 222 Å². The minimum atomic E-state index is -1.03. The molecule has 0 aliphatic carbocycles. The van der Waals surface area contributed by atoms with Gasteiger partial charge in [0, 0.05) is 0 Å². The number of carbonyl (C=O) groups is 3. The third-order valence-electron chi connectivity index (χ3n) is 6.02. The standard InChI is InChI=1S/C24H27F2N5O4.Hg/c25-31(26)15-28-12-4-8-19(24(35)30-13-5-9-20(30)22(27)33)29-23(34)18-14-17(10-11-21(18)32)16-6-2-1-3-7-16;/h1-3,6-7,10-11,14,19-20,28,32H,4-5,8-9,12-13H2,(H2,27,33)(H,29,34);/t19-,20-;/m0./s1. The molecule has 2 aromatic carbocycles. The molecule has 0 radical (unpaired) electrons. The Bertz CT molecular complexity index is 1120. The number of halogens is 2. The molecule has 0 bridgehead atoms. The van der Waals surface area contributed by atoms with Gasteiger partial charge in [0.15, 0.2) is 0 Å². The number of primary amides is 1. The molecule has 9 nitrogen and oxygen atoms in total. The Morgan fingerprint density at radius 3 is 2.56 bits per heavy atom. The molecule has 0 unspecified atom stereocenters. The van der Waals surface area contributed by atoms with E-state index in [4.69, 9.17) is 5.73 Å². The average molecular weight is 688 g/mol. The van der Waals surface area contributed by atoms with Crippen molar-refractivity contribution in [1.82, 2.24) is 20.9 Å². The van der Waals surface area contributed by atoms with E-state index in [2.05, 4.69) is 10.6 Å². The Morgan fingerprint density at radius 1 is 1.17 bits per heavy atom. The molecule has 2 aromatic rings. The van der Waals surface area contributed by atoms with Crippen molar-refractivity contribution in [2.75, 3.05) is 13.1 Å². The molecule has 3 amide bonds. The molecular formula is C24H27F2HgN5O4. The van der Waals surface area contributed by atoms with Crippen molar-refractivity contribution in [3.63, 3.8) is 0 Å². The van der Waals surface area contributed by atoms with Crippen molar-refractivity contribution in [2.45, 2.75) is 37.8 Å². The van der Waals surface area contributed by atoms with Gasteiger partial charge in [-0.3, -0.25) is 0 Å². The van der Waals surface area contributed by atoms with E-state index in [9.17, 15) is 28.5 Å². The second-order valence-electron chi connectivity index (χ2n) is 8.46. The predicted octanol–water partition coefficient (Wildman–Crippen LogP) is 1.71. The third kappa shape index (κ3) is 7.14. The Balaban J connectivity index is 1.79. The molecule has 0 saturated carbocycles. The summed E-state index contributed by atoms with van der Waals surface area (Å²) >= 11 is -0.327. The molecule has 1 fully saturated rings. The Hall–Kier alpha value is -2.76. The number of aromatic hydroxyl groups is 1. The number of phenolic OH excluding ortho intramolecular Hbond substituents is 1. The van der Waals surface area contributed by atoms with Gasteiger partial charge in [-0.2, -0.15) is 0 Å². The molecule has 36 heavy (non-hydrogen) atoms. The number of hydrogen-bond acceptors (Lipinski definition) is 6. The van der Waals surface area contributed by atoms with Crippen LogP contribution in [0.4, 0.5) is 8.96 Å². The summed E-state index contributed by atoms with van der Waals surface area (Å²) in [6.07, 6.45) is 1.48. The number of benzene rings is 2. The molecule has 5 N–H and O–H groups in total. The fraction of sp³-hybridized carbons (Fsp3) is 0.333. The van der Waals surface area contributed by atoms with E-state index >= 15 is 0 Å². The summed E-state index contributed by atoms with van der Waals surface area (Å²) in [5.74, 6) is -2.01. The zero-order valence-electron chi connectivity index (χ0n) is 19.6. The molecule has 2 atom stereocenters. The van der Waals surface area contributed by atoms with Gasteiger partial charge in [0.25, 0.3) is 0 Å². The van der Waals surface area contributed by atoms with Crippen LogP contribution in [0.5, 0.6) is 5.75 Å². The van der Waals surface area contributed by atoms with E-state index in [1.54, 1.807) is 6.07 Å².